The van der Waals surface area contributed by atoms with Gasteiger partial charge in [0.25, 0.3) is 0 Å². The van der Waals surface area contributed by atoms with Crippen LogP contribution < -0.4 is 0 Å². The first-order valence-electron chi connectivity index (χ1n) is 6.53. The van der Waals surface area contributed by atoms with Crippen molar-refractivity contribution in [3.05, 3.63) is 47.6 Å². The van der Waals surface area contributed by atoms with E-state index in [9.17, 15) is 9.90 Å². The summed E-state index contributed by atoms with van der Waals surface area (Å²) in [5, 5.41) is 12.9. The Morgan fingerprint density at radius 1 is 1.24 bits per heavy atom. The van der Waals surface area contributed by atoms with Crippen LogP contribution >= 0.6 is 11.3 Å². The molecule has 2 heterocycles. The van der Waals surface area contributed by atoms with Crippen LogP contribution in [0, 0.1) is 0 Å². The van der Waals surface area contributed by atoms with Crippen molar-refractivity contribution in [2.24, 2.45) is 0 Å². The number of nitrogens with zero attached hydrogens (tertiary/aromatic N) is 2. The number of carbonyl (C=O) groups is 1. The molecule has 0 radical (unpaired) electrons. The van der Waals surface area contributed by atoms with Gasteiger partial charge < -0.3 is 5.11 Å². The van der Waals surface area contributed by atoms with Crippen LogP contribution in [0.4, 0.5) is 0 Å². The Hall–Kier alpha value is -2.27. The average molecular weight is 298 g/mol. The van der Waals surface area contributed by atoms with Gasteiger partial charge in [0, 0.05) is 22.5 Å². The first-order chi connectivity index (χ1) is 10.00. The lowest BCUT2D eigenvalue weighted by Gasteiger charge is -2.15. The van der Waals surface area contributed by atoms with E-state index in [1.54, 1.807) is 20.0 Å². The third-order valence-electron chi connectivity index (χ3n) is 3.54. The highest BCUT2D eigenvalue weighted by molar-refractivity contribution is 7.13. The second-order valence-corrected chi connectivity index (χ2v) is 6.21. The van der Waals surface area contributed by atoms with Crippen LogP contribution in [0.1, 0.15) is 19.5 Å². The fourth-order valence-corrected chi connectivity index (χ4v) is 3.08. The summed E-state index contributed by atoms with van der Waals surface area (Å²) in [6, 6.07) is 9.82. The number of aromatic nitrogens is 2. The Labute approximate surface area is 126 Å². The van der Waals surface area contributed by atoms with Crippen molar-refractivity contribution in [1.29, 1.82) is 0 Å². The van der Waals surface area contributed by atoms with Crippen LogP contribution in [-0.2, 0) is 10.2 Å². The van der Waals surface area contributed by atoms with Crippen molar-refractivity contribution in [3.8, 4) is 10.6 Å². The van der Waals surface area contributed by atoms with Crippen molar-refractivity contribution in [3.63, 3.8) is 0 Å². The molecule has 0 saturated carbocycles. The number of hydrogen-bond acceptors (Lipinski definition) is 4. The molecule has 2 aromatic heterocycles. The summed E-state index contributed by atoms with van der Waals surface area (Å²) in [7, 11) is 0. The highest BCUT2D eigenvalue weighted by atomic mass is 32.1. The van der Waals surface area contributed by atoms with Crippen LogP contribution in [-0.4, -0.2) is 21.0 Å². The van der Waals surface area contributed by atoms with Crippen LogP contribution in [0.25, 0.3) is 21.5 Å². The van der Waals surface area contributed by atoms with Crippen molar-refractivity contribution < 1.29 is 9.90 Å². The van der Waals surface area contributed by atoms with Crippen molar-refractivity contribution in [1.82, 2.24) is 9.97 Å². The summed E-state index contributed by atoms with van der Waals surface area (Å²) in [5.74, 6) is -0.879. The van der Waals surface area contributed by atoms with Crippen LogP contribution in [0.15, 0.2) is 41.9 Å². The summed E-state index contributed by atoms with van der Waals surface area (Å²) < 4.78 is 0. The number of aliphatic carboxylic acids is 1. The van der Waals surface area contributed by atoms with E-state index in [1.165, 1.54) is 11.3 Å². The Bertz CT molecular complexity index is 819. The first kappa shape index (κ1) is 13.7. The predicted octanol–water partition coefficient (Wildman–Crippen LogP) is 3.72. The molecule has 0 bridgehead atoms. The van der Waals surface area contributed by atoms with Gasteiger partial charge in [0.05, 0.1) is 11.2 Å². The molecule has 5 heteroatoms. The third-order valence-corrected chi connectivity index (χ3v) is 4.42. The third kappa shape index (κ3) is 2.29. The van der Waals surface area contributed by atoms with E-state index in [0.717, 1.165) is 21.5 Å². The molecule has 0 aliphatic carbocycles. The zero-order valence-electron chi connectivity index (χ0n) is 11.7. The van der Waals surface area contributed by atoms with Crippen LogP contribution in [0.3, 0.4) is 0 Å². The fraction of sp³-hybridized carbons (Fsp3) is 0.188. The molecule has 0 amide bonds. The molecule has 0 aliphatic rings. The highest BCUT2D eigenvalue weighted by Gasteiger charge is 2.32. The Balaban J connectivity index is 2.13. The molecule has 0 atom stereocenters. The normalized spacial score (nSPS) is 11.7. The maximum atomic E-state index is 11.3. The van der Waals surface area contributed by atoms with Gasteiger partial charge >= 0.3 is 5.97 Å². The quantitative estimate of drug-likeness (QED) is 0.800. The molecule has 0 unspecified atom stereocenters. The zero-order valence-corrected chi connectivity index (χ0v) is 12.5. The molecule has 1 aromatic carbocycles. The summed E-state index contributed by atoms with van der Waals surface area (Å²) in [6.45, 7) is 3.32. The fourth-order valence-electron chi connectivity index (χ4n) is 2.07. The summed E-state index contributed by atoms with van der Waals surface area (Å²) in [6.07, 6.45) is 1.75. The predicted molar refractivity (Wildman–Crippen MR) is 83.5 cm³/mol. The lowest BCUT2D eigenvalue weighted by Crippen LogP contribution is -2.28. The second kappa shape index (κ2) is 4.93. The van der Waals surface area contributed by atoms with Crippen LogP contribution in [0.2, 0.25) is 0 Å². The smallest absolute Gasteiger partial charge is 0.315 e. The van der Waals surface area contributed by atoms with Gasteiger partial charge in [-0.15, -0.1) is 11.3 Å². The van der Waals surface area contributed by atoms with Gasteiger partial charge in [-0.1, -0.05) is 18.2 Å². The van der Waals surface area contributed by atoms with Gasteiger partial charge in [-0.2, -0.15) is 0 Å². The number of carboxylic acid groups (broad SMARTS) is 1. The molecule has 0 spiro atoms. The molecule has 0 fully saturated rings. The highest BCUT2D eigenvalue weighted by Crippen LogP contribution is 2.33. The monoisotopic (exact) mass is 298 g/mol. The van der Waals surface area contributed by atoms with Crippen LogP contribution in [0.5, 0.6) is 0 Å². The molecule has 0 saturated heterocycles. The van der Waals surface area contributed by atoms with Gasteiger partial charge in [0.15, 0.2) is 0 Å². The maximum Gasteiger partial charge on any atom is 0.315 e. The average Bonchev–Trinajstić information content (AvgIpc) is 2.97. The Kier molecular flexibility index (Phi) is 3.22. The minimum absolute atomic E-state index is 0.572. The van der Waals surface area contributed by atoms with Gasteiger partial charge in [-0.05, 0) is 26.0 Å². The largest absolute Gasteiger partial charge is 0.481 e. The summed E-state index contributed by atoms with van der Waals surface area (Å²) in [4.78, 5) is 20.3. The number of hydrogen-bond donors (Lipinski definition) is 1. The molecule has 0 aliphatic heterocycles. The Morgan fingerprint density at radius 2 is 2.00 bits per heavy atom. The number of rotatable bonds is 3. The molecule has 21 heavy (non-hydrogen) atoms. The molecular weight excluding hydrogens is 284 g/mol. The molecule has 4 nitrogen and oxygen atoms in total. The van der Waals surface area contributed by atoms with E-state index < -0.39 is 11.4 Å². The zero-order chi connectivity index (χ0) is 15.0. The second-order valence-electron chi connectivity index (χ2n) is 5.35. The molecule has 3 aromatic rings. The number of carboxylic acids is 1. The Morgan fingerprint density at radius 3 is 2.76 bits per heavy atom. The number of para-hydroxylation sites is 1. The van der Waals surface area contributed by atoms with Gasteiger partial charge in [0.1, 0.15) is 10.4 Å². The van der Waals surface area contributed by atoms with E-state index in [1.807, 2.05) is 35.7 Å². The minimum Gasteiger partial charge on any atom is -0.481 e. The standard InChI is InChI=1S/C16H14N2O2S/c1-16(2,15(19)20)12-9-21-14(18-12)11-7-3-5-10-6-4-8-17-13(10)11/h3-9H,1-2H3,(H,19,20). The van der Waals surface area contributed by atoms with Crippen molar-refractivity contribution >= 4 is 28.2 Å². The lowest BCUT2D eigenvalue weighted by atomic mass is 9.90. The molecule has 3 rings (SSSR count). The molecular formula is C16H14N2O2S. The maximum absolute atomic E-state index is 11.3. The number of benzene rings is 1. The number of pyridine rings is 1. The lowest BCUT2D eigenvalue weighted by molar-refractivity contribution is -0.142. The van der Waals surface area contributed by atoms with Crippen molar-refractivity contribution in [2.75, 3.05) is 0 Å². The summed E-state index contributed by atoms with van der Waals surface area (Å²) in [5.41, 5.74) is 1.40. The minimum atomic E-state index is -0.993. The van der Waals surface area contributed by atoms with E-state index in [2.05, 4.69) is 9.97 Å². The number of fused-ring (bicyclic) bond motifs is 1. The first-order valence-corrected chi connectivity index (χ1v) is 7.41. The van der Waals surface area contributed by atoms with Gasteiger partial charge in [0.2, 0.25) is 0 Å². The SMILES string of the molecule is CC(C)(C(=O)O)c1csc(-c2cccc3cccnc23)n1. The van der Waals surface area contributed by atoms with E-state index >= 15 is 0 Å². The topological polar surface area (TPSA) is 63.1 Å². The summed E-state index contributed by atoms with van der Waals surface area (Å²) >= 11 is 1.45. The van der Waals surface area contributed by atoms with Gasteiger partial charge in [-0.25, -0.2) is 4.98 Å². The molecule has 106 valence electrons. The van der Waals surface area contributed by atoms with E-state index in [-0.39, 0.29) is 0 Å². The molecule has 1 N–H and O–H groups in total. The van der Waals surface area contributed by atoms with Crippen molar-refractivity contribution in [2.45, 2.75) is 19.3 Å². The van der Waals surface area contributed by atoms with E-state index in [0.29, 0.717) is 5.69 Å². The number of thiazole rings is 1. The van der Waals surface area contributed by atoms with Gasteiger partial charge in [-0.3, -0.25) is 9.78 Å². The van der Waals surface area contributed by atoms with E-state index in [4.69, 9.17) is 0 Å².